The molecule has 5 aliphatic rings. The lowest BCUT2D eigenvalue weighted by atomic mass is 9.53. The van der Waals surface area contributed by atoms with Crippen molar-refractivity contribution < 1.29 is 14.5 Å². The first kappa shape index (κ1) is 12.6. The Bertz CT molecular complexity index is 371. The third-order valence-corrected chi connectivity index (χ3v) is 6.52. The van der Waals surface area contributed by atoms with E-state index in [0.29, 0.717) is 11.8 Å². The number of rotatable bonds is 0. The molecule has 108 valence electrons. The van der Waals surface area contributed by atoms with Crippen molar-refractivity contribution in [3.05, 3.63) is 0 Å². The van der Waals surface area contributed by atoms with E-state index in [2.05, 4.69) is 27.7 Å². The molecule has 1 spiro atoms. The van der Waals surface area contributed by atoms with Gasteiger partial charge in [-0.05, 0) is 71.6 Å². The van der Waals surface area contributed by atoms with Crippen LogP contribution in [0.5, 0.6) is 0 Å². The second-order valence-electron chi connectivity index (χ2n) is 8.32. The van der Waals surface area contributed by atoms with Crippen LogP contribution in [0.2, 0.25) is 0 Å². The van der Waals surface area contributed by atoms with Crippen molar-refractivity contribution in [1.82, 2.24) is 0 Å². The van der Waals surface area contributed by atoms with Gasteiger partial charge in [0.05, 0.1) is 5.60 Å². The number of ether oxygens (including phenoxy) is 1. The van der Waals surface area contributed by atoms with Gasteiger partial charge in [-0.2, -0.15) is 4.89 Å². The summed E-state index contributed by atoms with van der Waals surface area (Å²) in [5, 5.41) is 0. The summed E-state index contributed by atoms with van der Waals surface area (Å²) in [6.07, 6.45) is 6.53. The summed E-state index contributed by atoms with van der Waals surface area (Å²) in [5.74, 6) is 2.46. The number of hydrogen-bond donors (Lipinski definition) is 0. The highest BCUT2D eigenvalue weighted by atomic mass is 17.3. The van der Waals surface area contributed by atoms with Crippen LogP contribution in [0.1, 0.15) is 59.8 Å². The first-order chi connectivity index (χ1) is 8.82. The molecule has 1 saturated heterocycles. The van der Waals surface area contributed by atoms with Crippen LogP contribution in [0.4, 0.5) is 0 Å². The van der Waals surface area contributed by atoms with E-state index in [0.717, 1.165) is 11.8 Å². The fourth-order valence-electron chi connectivity index (χ4n) is 4.95. The molecule has 3 nitrogen and oxygen atoms in total. The van der Waals surface area contributed by atoms with Gasteiger partial charge in [-0.3, -0.25) is 0 Å². The standard InChI is InChI=1S/C16H26O3/c1-14(2)15(3,4)18-19-16(17-14)12-6-10-5-11(8-12)9-13(16)7-10/h10-13H,5-9H2,1-4H3. The van der Waals surface area contributed by atoms with E-state index in [1.165, 1.54) is 32.1 Å². The summed E-state index contributed by atoms with van der Waals surface area (Å²) in [6, 6.07) is 0. The summed E-state index contributed by atoms with van der Waals surface area (Å²) in [4.78, 5) is 11.8. The number of hydrogen-bond acceptors (Lipinski definition) is 3. The Balaban J connectivity index is 1.68. The van der Waals surface area contributed by atoms with E-state index in [-0.39, 0.29) is 5.60 Å². The summed E-state index contributed by atoms with van der Waals surface area (Å²) in [6.45, 7) is 8.39. The van der Waals surface area contributed by atoms with Gasteiger partial charge in [0.15, 0.2) is 0 Å². The third-order valence-electron chi connectivity index (χ3n) is 6.52. The van der Waals surface area contributed by atoms with Gasteiger partial charge in [0, 0.05) is 11.8 Å². The van der Waals surface area contributed by atoms with Gasteiger partial charge < -0.3 is 4.74 Å². The Morgan fingerprint density at radius 1 is 0.684 bits per heavy atom. The molecule has 4 bridgehead atoms. The topological polar surface area (TPSA) is 27.7 Å². The lowest BCUT2D eigenvalue weighted by Crippen LogP contribution is -2.69. The average molecular weight is 266 g/mol. The van der Waals surface area contributed by atoms with Gasteiger partial charge in [0.1, 0.15) is 5.60 Å². The minimum absolute atomic E-state index is 0.305. The smallest absolute Gasteiger partial charge is 0.207 e. The fourth-order valence-corrected chi connectivity index (χ4v) is 4.95. The molecule has 5 fully saturated rings. The molecule has 0 aromatic heterocycles. The van der Waals surface area contributed by atoms with Crippen molar-refractivity contribution in [2.24, 2.45) is 23.7 Å². The van der Waals surface area contributed by atoms with Gasteiger partial charge in [0.2, 0.25) is 5.79 Å². The zero-order valence-electron chi connectivity index (χ0n) is 12.6. The summed E-state index contributed by atoms with van der Waals surface area (Å²) in [5.41, 5.74) is -0.701. The van der Waals surface area contributed by atoms with Gasteiger partial charge >= 0.3 is 0 Å². The maximum Gasteiger partial charge on any atom is 0.207 e. The maximum absolute atomic E-state index is 6.61. The van der Waals surface area contributed by atoms with Crippen molar-refractivity contribution in [2.75, 3.05) is 0 Å². The lowest BCUT2D eigenvalue weighted by molar-refractivity contribution is -0.570. The third kappa shape index (κ3) is 1.55. The largest absolute Gasteiger partial charge is 0.338 e. The van der Waals surface area contributed by atoms with Crippen LogP contribution in [-0.2, 0) is 14.5 Å². The van der Waals surface area contributed by atoms with Gasteiger partial charge in [-0.1, -0.05) is 0 Å². The second kappa shape index (κ2) is 3.55. The Hall–Kier alpha value is -0.120. The molecule has 1 aliphatic heterocycles. The first-order valence-corrected chi connectivity index (χ1v) is 7.89. The van der Waals surface area contributed by atoms with Crippen molar-refractivity contribution in [1.29, 1.82) is 0 Å². The molecule has 0 aromatic carbocycles. The van der Waals surface area contributed by atoms with E-state index in [1.54, 1.807) is 0 Å². The average Bonchev–Trinajstić information content (AvgIpc) is 2.30. The minimum atomic E-state index is -0.452. The van der Waals surface area contributed by atoms with Gasteiger partial charge in [0.25, 0.3) is 0 Å². The van der Waals surface area contributed by atoms with Crippen LogP contribution >= 0.6 is 0 Å². The van der Waals surface area contributed by atoms with Crippen LogP contribution in [0.25, 0.3) is 0 Å². The highest BCUT2D eigenvalue weighted by Crippen LogP contribution is 2.62. The molecule has 1 heterocycles. The Kier molecular flexibility index (Phi) is 2.36. The SMILES string of the molecule is CC1(C)OOC2(OC1(C)C)C1CC3CC(C1)CC2C3. The lowest BCUT2D eigenvalue weighted by Gasteiger charge is -2.64. The van der Waals surface area contributed by atoms with Crippen LogP contribution < -0.4 is 0 Å². The highest BCUT2D eigenvalue weighted by molar-refractivity contribution is 5.06. The minimum Gasteiger partial charge on any atom is -0.338 e. The van der Waals surface area contributed by atoms with Gasteiger partial charge in [-0.15, -0.1) is 0 Å². The Labute approximate surface area is 115 Å². The molecule has 5 rings (SSSR count). The Morgan fingerprint density at radius 2 is 1.21 bits per heavy atom. The maximum atomic E-state index is 6.61. The molecule has 0 amide bonds. The normalized spacial score (nSPS) is 53.7. The van der Waals surface area contributed by atoms with Crippen LogP contribution in [0.3, 0.4) is 0 Å². The molecule has 4 saturated carbocycles. The summed E-state index contributed by atoms with van der Waals surface area (Å²) in [7, 11) is 0. The predicted octanol–water partition coefficient (Wildman–Crippen LogP) is 3.67. The zero-order chi connectivity index (χ0) is 13.5. The van der Waals surface area contributed by atoms with Crippen molar-refractivity contribution >= 4 is 0 Å². The van der Waals surface area contributed by atoms with E-state index < -0.39 is 11.4 Å². The van der Waals surface area contributed by atoms with Gasteiger partial charge in [-0.25, -0.2) is 4.89 Å². The molecule has 3 heteroatoms. The highest BCUT2D eigenvalue weighted by Gasteiger charge is 2.65. The molecule has 0 radical (unpaired) electrons. The summed E-state index contributed by atoms with van der Waals surface area (Å²) < 4.78 is 6.61. The van der Waals surface area contributed by atoms with Crippen LogP contribution in [-0.4, -0.2) is 17.0 Å². The summed E-state index contributed by atoms with van der Waals surface area (Å²) >= 11 is 0. The van der Waals surface area contributed by atoms with Crippen molar-refractivity contribution in [2.45, 2.75) is 76.8 Å². The Morgan fingerprint density at radius 3 is 1.68 bits per heavy atom. The van der Waals surface area contributed by atoms with E-state index in [4.69, 9.17) is 14.5 Å². The second-order valence-corrected chi connectivity index (χ2v) is 8.32. The molecule has 4 aliphatic carbocycles. The molecule has 0 aromatic rings. The zero-order valence-corrected chi connectivity index (χ0v) is 12.6. The fraction of sp³-hybridized carbons (Fsp3) is 1.00. The van der Waals surface area contributed by atoms with E-state index >= 15 is 0 Å². The van der Waals surface area contributed by atoms with Crippen molar-refractivity contribution in [3.8, 4) is 0 Å². The molecule has 0 atom stereocenters. The molecular formula is C16H26O3. The van der Waals surface area contributed by atoms with Crippen molar-refractivity contribution in [3.63, 3.8) is 0 Å². The quantitative estimate of drug-likeness (QED) is 0.626. The molecule has 0 unspecified atom stereocenters. The monoisotopic (exact) mass is 266 g/mol. The van der Waals surface area contributed by atoms with Crippen LogP contribution in [0, 0.1) is 23.7 Å². The molecule has 0 N–H and O–H groups in total. The molecule has 19 heavy (non-hydrogen) atoms. The predicted molar refractivity (Wildman–Crippen MR) is 71.2 cm³/mol. The van der Waals surface area contributed by atoms with Crippen LogP contribution in [0.15, 0.2) is 0 Å². The molecular weight excluding hydrogens is 240 g/mol. The first-order valence-electron chi connectivity index (χ1n) is 7.89. The van der Waals surface area contributed by atoms with E-state index in [1.807, 2.05) is 0 Å². The van der Waals surface area contributed by atoms with E-state index in [9.17, 15) is 0 Å².